The summed E-state index contributed by atoms with van der Waals surface area (Å²) in [4.78, 5) is 0. The molecular weight excluding hydrogens is 358 g/mol. The molecule has 0 aliphatic rings. The molecule has 0 unspecified atom stereocenters. The van der Waals surface area contributed by atoms with Crippen molar-refractivity contribution >= 4 is 31.4 Å². The number of rotatable bonds is 6. The number of methoxy groups -OCH3 is 2. The summed E-state index contributed by atoms with van der Waals surface area (Å²) in [6.07, 6.45) is 0. The maximum atomic E-state index is 12.6. The van der Waals surface area contributed by atoms with E-state index in [1.165, 1.54) is 11.3 Å². The van der Waals surface area contributed by atoms with Gasteiger partial charge in [0, 0.05) is 22.9 Å². The first-order chi connectivity index (χ1) is 11.9. The van der Waals surface area contributed by atoms with Crippen LogP contribution in [0, 0.1) is 6.92 Å². The van der Waals surface area contributed by atoms with Crippen molar-refractivity contribution in [2.24, 2.45) is 0 Å². The summed E-state index contributed by atoms with van der Waals surface area (Å²) in [7, 11) is -0.480. The highest BCUT2D eigenvalue weighted by molar-refractivity contribution is 7.91. The minimum absolute atomic E-state index is 0.142. The van der Waals surface area contributed by atoms with Crippen LogP contribution in [0.1, 0.15) is 11.1 Å². The highest BCUT2D eigenvalue weighted by Gasteiger charge is 2.18. The number of hydrogen-bond donors (Lipinski definition) is 1. The molecule has 7 heteroatoms. The molecule has 132 valence electrons. The number of benzene rings is 2. The van der Waals surface area contributed by atoms with Gasteiger partial charge >= 0.3 is 0 Å². The fourth-order valence-corrected chi connectivity index (χ4v) is 4.94. The average Bonchev–Trinajstić information content (AvgIpc) is 3.04. The van der Waals surface area contributed by atoms with Crippen molar-refractivity contribution in [3.63, 3.8) is 0 Å². The predicted molar refractivity (Wildman–Crippen MR) is 100 cm³/mol. The fourth-order valence-electron chi connectivity index (χ4n) is 2.51. The van der Waals surface area contributed by atoms with E-state index in [9.17, 15) is 8.42 Å². The molecule has 2 aromatic carbocycles. The van der Waals surface area contributed by atoms with E-state index in [1.807, 2.05) is 25.1 Å². The molecule has 0 aliphatic heterocycles. The molecule has 0 fully saturated rings. The zero-order valence-electron chi connectivity index (χ0n) is 14.2. The van der Waals surface area contributed by atoms with Crippen LogP contribution in [0.2, 0.25) is 0 Å². The van der Waals surface area contributed by atoms with E-state index in [4.69, 9.17) is 9.47 Å². The van der Waals surface area contributed by atoms with E-state index in [1.54, 1.807) is 38.5 Å². The van der Waals surface area contributed by atoms with Crippen LogP contribution in [-0.2, 0) is 16.6 Å². The van der Waals surface area contributed by atoms with Crippen LogP contribution in [0.5, 0.6) is 11.5 Å². The van der Waals surface area contributed by atoms with E-state index >= 15 is 0 Å². The summed E-state index contributed by atoms with van der Waals surface area (Å²) in [6, 6.07) is 12.9. The highest BCUT2D eigenvalue weighted by atomic mass is 32.2. The van der Waals surface area contributed by atoms with Crippen LogP contribution < -0.4 is 14.2 Å². The van der Waals surface area contributed by atoms with Gasteiger partial charge in [0.2, 0.25) is 10.0 Å². The third kappa shape index (κ3) is 3.78. The second-order valence-corrected chi connectivity index (χ2v) is 8.69. The number of aryl methyl sites for hydroxylation is 1. The first kappa shape index (κ1) is 17.7. The van der Waals surface area contributed by atoms with Gasteiger partial charge in [-0.05, 0) is 30.5 Å². The van der Waals surface area contributed by atoms with Gasteiger partial charge in [-0.1, -0.05) is 23.8 Å². The van der Waals surface area contributed by atoms with Crippen molar-refractivity contribution < 1.29 is 17.9 Å². The zero-order valence-corrected chi connectivity index (χ0v) is 15.8. The topological polar surface area (TPSA) is 64.6 Å². The molecule has 25 heavy (non-hydrogen) atoms. The Balaban J connectivity index is 1.83. The molecule has 0 bridgehead atoms. The third-order valence-electron chi connectivity index (χ3n) is 3.86. The summed E-state index contributed by atoms with van der Waals surface area (Å²) in [6.45, 7) is 2.13. The van der Waals surface area contributed by atoms with E-state index in [0.29, 0.717) is 15.7 Å². The standard InChI is InChI=1S/C18H19NO4S2/c1-12-4-7-17-14(8-12)9-18(24-17)25(20,21)19-11-13-5-6-15(22-2)10-16(13)23-3/h4-10,19H,11H2,1-3H3. The largest absolute Gasteiger partial charge is 0.497 e. The van der Waals surface area contributed by atoms with E-state index < -0.39 is 10.0 Å². The quantitative estimate of drug-likeness (QED) is 0.711. The van der Waals surface area contributed by atoms with Crippen molar-refractivity contribution in [3.8, 4) is 11.5 Å². The molecule has 0 atom stereocenters. The smallest absolute Gasteiger partial charge is 0.250 e. The lowest BCUT2D eigenvalue weighted by molar-refractivity contribution is 0.390. The normalized spacial score (nSPS) is 11.6. The highest BCUT2D eigenvalue weighted by Crippen LogP contribution is 2.30. The Morgan fingerprint density at radius 2 is 1.84 bits per heavy atom. The first-order valence-electron chi connectivity index (χ1n) is 7.64. The van der Waals surface area contributed by atoms with Crippen molar-refractivity contribution in [2.45, 2.75) is 17.7 Å². The van der Waals surface area contributed by atoms with Crippen molar-refractivity contribution in [3.05, 3.63) is 53.6 Å². The number of nitrogens with one attached hydrogen (secondary N) is 1. The zero-order chi connectivity index (χ0) is 18.0. The lowest BCUT2D eigenvalue weighted by Gasteiger charge is -2.11. The molecule has 1 aromatic heterocycles. The summed E-state index contributed by atoms with van der Waals surface area (Å²) >= 11 is 1.26. The van der Waals surface area contributed by atoms with Gasteiger partial charge in [-0.15, -0.1) is 11.3 Å². The molecule has 0 aliphatic carbocycles. The number of fused-ring (bicyclic) bond motifs is 1. The molecule has 1 heterocycles. The van der Waals surface area contributed by atoms with Gasteiger partial charge < -0.3 is 9.47 Å². The van der Waals surface area contributed by atoms with Crippen molar-refractivity contribution in [2.75, 3.05) is 14.2 Å². The lowest BCUT2D eigenvalue weighted by atomic mass is 10.2. The Kier molecular flexibility index (Phi) is 4.99. The van der Waals surface area contributed by atoms with Gasteiger partial charge in [-0.3, -0.25) is 0 Å². The Bertz CT molecular complexity index is 1010. The summed E-state index contributed by atoms with van der Waals surface area (Å²) < 4.78 is 39.6. The lowest BCUT2D eigenvalue weighted by Crippen LogP contribution is -2.22. The SMILES string of the molecule is COc1ccc(CNS(=O)(=O)c2cc3cc(C)ccc3s2)c(OC)c1. The molecule has 0 amide bonds. The molecule has 5 nitrogen and oxygen atoms in total. The molecular formula is C18H19NO4S2. The van der Waals surface area contributed by atoms with Crippen LogP contribution in [0.15, 0.2) is 46.7 Å². The van der Waals surface area contributed by atoms with Crippen LogP contribution in [0.3, 0.4) is 0 Å². The van der Waals surface area contributed by atoms with Crippen LogP contribution >= 0.6 is 11.3 Å². The van der Waals surface area contributed by atoms with E-state index in [2.05, 4.69) is 4.72 Å². The summed E-state index contributed by atoms with van der Waals surface area (Å²) in [5.41, 5.74) is 1.84. The summed E-state index contributed by atoms with van der Waals surface area (Å²) in [5, 5.41) is 0.937. The Labute approximate surface area is 151 Å². The maximum absolute atomic E-state index is 12.6. The molecule has 3 rings (SSSR count). The van der Waals surface area contributed by atoms with Crippen LogP contribution in [0.4, 0.5) is 0 Å². The molecule has 0 saturated heterocycles. The number of ether oxygens (including phenoxy) is 2. The van der Waals surface area contributed by atoms with E-state index in [0.717, 1.165) is 21.2 Å². The molecule has 0 saturated carbocycles. The van der Waals surface area contributed by atoms with Crippen molar-refractivity contribution in [1.82, 2.24) is 4.72 Å². The van der Waals surface area contributed by atoms with Gasteiger partial charge in [0.25, 0.3) is 0 Å². The number of thiophene rings is 1. The number of hydrogen-bond acceptors (Lipinski definition) is 5. The minimum Gasteiger partial charge on any atom is -0.497 e. The molecule has 1 N–H and O–H groups in total. The van der Waals surface area contributed by atoms with Gasteiger partial charge in [-0.25, -0.2) is 13.1 Å². The predicted octanol–water partition coefficient (Wildman–Crippen LogP) is 3.71. The molecule has 0 spiro atoms. The van der Waals surface area contributed by atoms with Crippen LogP contribution in [0.25, 0.3) is 10.1 Å². The molecule has 0 radical (unpaired) electrons. The average molecular weight is 377 g/mol. The minimum atomic E-state index is -3.59. The fraction of sp³-hybridized carbons (Fsp3) is 0.222. The van der Waals surface area contributed by atoms with Gasteiger partial charge in [0.15, 0.2) is 0 Å². The molecule has 3 aromatic rings. The second kappa shape index (κ2) is 7.03. The maximum Gasteiger partial charge on any atom is 0.250 e. The Morgan fingerprint density at radius 3 is 2.56 bits per heavy atom. The van der Waals surface area contributed by atoms with Gasteiger partial charge in [0.1, 0.15) is 15.7 Å². The van der Waals surface area contributed by atoms with E-state index in [-0.39, 0.29) is 6.54 Å². The third-order valence-corrected chi connectivity index (χ3v) is 6.85. The van der Waals surface area contributed by atoms with Gasteiger partial charge in [0.05, 0.1) is 14.2 Å². The summed E-state index contributed by atoms with van der Waals surface area (Å²) in [5.74, 6) is 1.23. The second-order valence-electron chi connectivity index (χ2n) is 5.61. The van der Waals surface area contributed by atoms with Gasteiger partial charge in [-0.2, -0.15) is 0 Å². The first-order valence-corrected chi connectivity index (χ1v) is 9.93. The van der Waals surface area contributed by atoms with Crippen LogP contribution in [-0.4, -0.2) is 22.6 Å². The Hall–Kier alpha value is -2.09. The number of sulfonamides is 1. The Morgan fingerprint density at radius 1 is 1.04 bits per heavy atom. The monoisotopic (exact) mass is 377 g/mol. The van der Waals surface area contributed by atoms with Crippen molar-refractivity contribution in [1.29, 1.82) is 0 Å².